The second kappa shape index (κ2) is 6.69. The van der Waals surface area contributed by atoms with Crippen molar-refractivity contribution in [2.24, 2.45) is 5.92 Å². The SMILES string of the molecule is C[C@H]1CNCCN1CC1CCNCC1.Cl. The van der Waals surface area contributed by atoms with Crippen molar-refractivity contribution in [2.75, 3.05) is 39.3 Å². The molecule has 0 unspecified atom stereocenters. The molecule has 0 aromatic carbocycles. The number of piperazine rings is 1. The van der Waals surface area contributed by atoms with Gasteiger partial charge in [-0.2, -0.15) is 0 Å². The van der Waals surface area contributed by atoms with Crippen LogP contribution in [0.1, 0.15) is 19.8 Å². The standard InChI is InChI=1S/C11H23N3.ClH/c1-10-8-13-6-7-14(10)9-11-2-4-12-5-3-11;/h10-13H,2-9H2,1H3;1H/t10-;/m0./s1. The Morgan fingerprint density at radius 3 is 2.53 bits per heavy atom. The van der Waals surface area contributed by atoms with Gasteiger partial charge >= 0.3 is 0 Å². The Balaban J connectivity index is 0.00000112. The van der Waals surface area contributed by atoms with Crippen LogP contribution in [0.15, 0.2) is 0 Å². The smallest absolute Gasteiger partial charge is 0.0193 e. The lowest BCUT2D eigenvalue weighted by Crippen LogP contribution is -2.51. The average molecular weight is 234 g/mol. The minimum atomic E-state index is 0. The number of halogens is 1. The highest BCUT2D eigenvalue weighted by Gasteiger charge is 2.22. The molecule has 3 nitrogen and oxygen atoms in total. The minimum absolute atomic E-state index is 0. The number of hydrogen-bond acceptors (Lipinski definition) is 3. The van der Waals surface area contributed by atoms with Gasteiger partial charge in [-0.1, -0.05) is 0 Å². The van der Waals surface area contributed by atoms with Crippen molar-refractivity contribution in [2.45, 2.75) is 25.8 Å². The molecule has 0 aliphatic carbocycles. The Labute approximate surface area is 99.4 Å². The molecule has 2 N–H and O–H groups in total. The van der Waals surface area contributed by atoms with Crippen molar-refractivity contribution in [1.29, 1.82) is 0 Å². The van der Waals surface area contributed by atoms with Gasteiger partial charge in [-0.15, -0.1) is 12.4 Å². The molecule has 90 valence electrons. The predicted octanol–water partition coefficient (Wildman–Crippen LogP) is 0.701. The van der Waals surface area contributed by atoms with E-state index in [1.807, 2.05) is 0 Å². The minimum Gasteiger partial charge on any atom is -0.317 e. The van der Waals surface area contributed by atoms with Crippen molar-refractivity contribution in [3.05, 3.63) is 0 Å². The highest BCUT2D eigenvalue weighted by molar-refractivity contribution is 5.85. The molecule has 2 aliphatic heterocycles. The van der Waals surface area contributed by atoms with Crippen LogP contribution in [0, 0.1) is 5.92 Å². The summed E-state index contributed by atoms with van der Waals surface area (Å²) in [7, 11) is 0. The van der Waals surface area contributed by atoms with Crippen molar-refractivity contribution < 1.29 is 0 Å². The Bertz CT molecular complexity index is 171. The van der Waals surface area contributed by atoms with E-state index in [-0.39, 0.29) is 12.4 Å². The molecule has 15 heavy (non-hydrogen) atoms. The molecule has 2 heterocycles. The van der Waals surface area contributed by atoms with E-state index >= 15 is 0 Å². The number of nitrogens with zero attached hydrogens (tertiary/aromatic N) is 1. The van der Waals surface area contributed by atoms with E-state index in [1.165, 1.54) is 52.1 Å². The predicted molar refractivity (Wildman–Crippen MR) is 66.7 cm³/mol. The molecule has 0 spiro atoms. The lowest BCUT2D eigenvalue weighted by atomic mass is 9.96. The molecule has 0 aromatic heterocycles. The number of piperidine rings is 1. The first-order valence-electron chi connectivity index (χ1n) is 6.02. The van der Waals surface area contributed by atoms with Gasteiger partial charge in [0.2, 0.25) is 0 Å². The first-order valence-corrected chi connectivity index (χ1v) is 6.02. The van der Waals surface area contributed by atoms with E-state index in [4.69, 9.17) is 0 Å². The first kappa shape index (κ1) is 13.2. The molecular weight excluding hydrogens is 210 g/mol. The summed E-state index contributed by atoms with van der Waals surface area (Å²) < 4.78 is 0. The zero-order chi connectivity index (χ0) is 9.80. The fraction of sp³-hybridized carbons (Fsp3) is 1.00. The molecule has 0 radical (unpaired) electrons. The van der Waals surface area contributed by atoms with Crippen LogP contribution >= 0.6 is 12.4 Å². The van der Waals surface area contributed by atoms with Crippen LogP contribution in [0.25, 0.3) is 0 Å². The van der Waals surface area contributed by atoms with Crippen molar-refractivity contribution >= 4 is 12.4 Å². The summed E-state index contributed by atoms with van der Waals surface area (Å²) in [5.74, 6) is 0.941. The fourth-order valence-corrected chi connectivity index (χ4v) is 2.55. The summed E-state index contributed by atoms with van der Waals surface area (Å²) in [4.78, 5) is 2.66. The summed E-state index contributed by atoms with van der Waals surface area (Å²) in [6.07, 6.45) is 2.74. The van der Waals surface area contributed by atoms with Gasteiger partial charge in [-0.05, 0) is 38.8 Å². The van der Waals surface area contributed by atoms with Gasteiger partial charge in [0, 0.05) is 32.2 Å². The quantitative estimate of drug-likeness (QED) is 0.736. The van der Waals surface area contributed by atoms with Crippen LogP contribution in [-0.4, -0.2) is 50.2 Å². The van der Waals surface area contributed by atoms with Gasteiger partial charge in [0.1, 0.15) is 0 Å². The van der Waals surface area contributed by atoms with E-state index in [2.05, 4.69) is 22.5 Å². The van der Waals surface area contributed by atoms with Crippen LogP contribution in [0.3, 0.4) is 0 Å². The fourth-order valence-electron chi connectivity index (χ4n) is 2.55. The maximum Gasteiger partial charge on any atom is 0.0193 e. The Morgan fingerprint density at radius 1 is 1.13 bits per heavy atom. The summed E-state index contributed by atoms with van der Waals surface area (Å²) in [6.45, 7) is 9.71. The van der Waals surface area contributed by atoms with Crippen molar-refractivity contribution in [1.82, 2.24) is 15.5 Å². The third kappa shape index (κ3) is 3.91. The maximum atomic E-state index is 3.45. The van der Waals surface area contributed by atoms with Crippen LogP contribution in [0.5, 0.6) is 0 Å². The Hall–Kier alpha value is 0.170. The molecule has 2 fully saturated rings. The van der Waals surface area contributed by atoms with Gasteiger partial charge in [-0.25, -0.2) is 0 Å². The van der Waals surface area contributed by atoms with Crippen LogP contribution in [0.2, 0.25) is 0 Å². The van der Waals surface area contributed by atoms with E-state index in [9.17, 15) is 0 Å². The molecule has 2 saturated heterocycles. The van der Waals surface area contributed by atoms with Crippen LogP contribution in [-0.2, 0) is 0 Å². The maximum absolute atomic E-state index is 3.45. The van der Waals surface area contributed by atoms with Gasteiger partial charge in [0.05, 0.1) is 0 Å². The zero-order valence-electron chi connectivity index (χ0n) is 9.67. The largest absolute Gasteiger partial charge is 0.317 e. The number of nitrogens with one attached hydrogen (secondary N) is 2. The van der Waals surface area contributed by atoms with E-state index in [0.717, 1.165) is 12.0 Å². The second-order valence-corrected chi connectivity index (χ2v) is 4.74. The third-order valence-corrected chi connectivity index (χ3v) is 3.59. The molecule has 2 aliphatic rings. The molecule has 4 heteroatoms. The summed E-state index contributed by atoms with van der Waals surface area (Å²) in [5.41, 5.74) is 0. The van der Waals surface area contributed by atoms with Gasteiger partial charge < -0.3 is 10.6 Å². The van der Waals surface area contributed by atoms with Gasteiger partial charge in [-0.3, -0.25) is 4.90 Å². The molecule has 1 atom stereocenters. The van der Waals surface area contributed by atoms with Crippen molar-refractivity contribution in [3.8, 4) is 0 Å². The normalized spacial score (nSPS) is 29.8. The van der Waals surface area contributed by atoms with Gasteiger partial charge in [0.25, 0.3) is 0 Å². The monoisotopic (exact) mass is 233 g/mol. The lowest BCUT2D eigenvalue weighted by Gasteiger charge is -2.37. The zero-order valence-corrected chi connectivity index (χ0v) is 10.5. The first-order chi connectivity index (χ1) is 6.86. The molecular formula is C11H24ClN3. The average Bonchev–Trinajstić information content (AvgIpc) is 2.23. The van der Waals surface area contributed by atoms with Crippen molar-refractivity contribution in [3.63, 3.8) is 0 Å². The number of rotatable bonds is 2. The second-order valence-electron chi connectivity index (χ2n) is 4.74. The van der Waals surface area contributed by atoms with E-state index < -0.39 is 0 Å². The van der Waals surface area contributed by atoms with Crippen LogP contribution < -0.4 is 10.6 Å². The summed E-state index contributed by atoms with van der Waals surface area (Å²) >= 11 is 0. The Morgan fingerprint density at radius 2 is 1.87 bits per heavy atom. The lowest BCUT2D eigenvalue weighted by molar-refractivity contribution is 0.136. The summed E-state index contributed by atoms with van der Waals surface area (Å²) in [5, 5.41) is 6.88. The Kier molecular flexibility index (Phi) is 5.90. The summed E-state index contributed by atoms with van der Waals surface area (Å²) in [6, 6.07) is 0.735. The van der Waals surface area contributed by atoms with E-state index in [1.54, 1.807) is 0 Å². The highest BCUT2D eigenvalue weighted by Crippen LogP contribution is 2.15. The highest BCUT2D eigenvalue weighted by atomic mass is 35.5. The molecule has 0 bridgehead atoms. The molecule has 0 amide bonds. The van der Waals surface area contributed by atoms with Crippen LogP contribution in [0.4, 0.5) is 0 Å². The topological polar surface area (TPSA) is 27.3 Å². The number of hydrogen-bond donors (Lipinski definition) is 2. The molecule has 0 aromatic rings. The third-order valence-electron chi connectivity index (χ3n) is 3.59. The molecule has 0 saturated carbocycles. The van der Waals surface area contributed by atoms with Gasteiger partial charge in [0.15, 0.2) is 0 Å². The van der Waals surface area contributed by atoms with E-state index in [0.29, 0.717) is 0 Å². The molecule has 2 rings (SSSR count).